The highest BCUT2D eigenvalue weighted by Gasteiger charge is 2.07. The Bertz CT molecular complexity index is 566. The van der Waals surface area contributed by atoms with Gasteiger partial charge in [0, 0.05) is 18.0 Å². The lowest BCUT2D eigenvalue weighted by atomic mass is 10.1. The van der Waals surface area contributed by atoms with Crippen LogP contribution in [0.2, 0.25) is 0 Å². The maximum absolute atomic E-state index is 11.8. The number of pyridine rings is 1. The number of nitrogens with zero attached hydrogens (tertiary/aromatic N) is 2. The molecule has 1 N–H and O–H groups in total. The van der Waals surface area contributed by atoms with Crippen molar-refractivity contribution in [2.75, 3.05) is 0 Å². The lowest BCUT2D eigenvalue weighted by Crippen LogP contribution is -2.14. The molecule has 2 aromatic rings. The minimum absolute atomic E-state index is 0.0567. The molecule has 90 valence electrons. The van der Waals surface area contributed by atoms with E-state index in [1.165, 1.54) is 4.68 Å². The van der Waals surface area contributed by atoms with Crippen molar-refractivity contribution < 1.29 is 0 Å². The van der Waals surface area contributed by atoms with Gasteiger partial charge in [0.25, 0.3) is 5.56 Å². The molecule has 17 heavy (non-hydrogen) atoms. The van der Waals surface area contributed by atoms with Gasteiger partial charge in [-0.2, -0.15) is 0 Å². The molecule has 0 fully saturated rings. The van der Waals surface area contributed by atoms with Gasteiger partial charge in [-0.3, -0.25) is 9.89 Å². The zero-order valence-electron chi connectivity index (χ0n) is 10.4. The Hall–Kier alpha value is -1.84. The molecule has 2 rings (SSSR count). The van der Waals surface area contributed by atoms with Gasteiger partial charge in [0.1, 0.15) is 0 Å². The number of hydrogen-bond donors (Lipinski definition) is 1. The minimum Gasteiger partial charge on any atom is -0.294 e. The summed E-state index contributed by atoms with van der Waals surface area (Å²) in [6, 6.07) is 5.44. The first-order valence-corrected chi connectivity index (χ1v) is 5.80. The van der Waals surface area contributed by atoms with Crippen LogP contribution in [0, 0.1) is 12.8 Å². The number of H-pyrrole nitrogens is 1. The van der Waals surface area contributed by atoms with Crippen LogP contribution in [0.4, 0.5) is 0 Å². The highest BCUT2D eigenvalue weighted by atomic mass is 16.1. The predicted octanol–water partition coefficient (Wildman–Crippen LogP) is 2.07. The smallest absolute Gasteiger partial charge is 0.272 e. The van der Waals surface area contributed by atoms with Crippen LogP contribution in [0.25, 0.3) is 5.82 Å². The Balaban J connectivity index is 2.39. The Labute approximate surface area is 100 Å². The van der Waals surface area contributed by atoms with Gasteiger partial charge < -0.3 is 0 Å². The van der Waals surface area contributed by atoms with E-state index in [1.54, 1.807) is 12.3 Å². The van der Waals surface area contributed by atoms with Gasteiger partial charge >= 0.3 is 0 Å². The van der Waals surface area contributed by atoms with E-state index in [4.69, 9.17) is 0 Å². The highest BCUT2D eigenvalue weighted by molar-refractivity contribution is 5.26. The van der Waals surface area contributed by atoms with Gasteiger partial charge in [-0.25, -0.2) is 9.67 Å². The lowest BCUT2D eigenvalue weighted by Gasteiger charge is -2.03. The number of nitrogens with one attached hydrogen (secondary N) is 1. The summed E-state index contributed by atoms with van der Waals surface area (Å²) < 4.78 is 1.49. The van der Waals surface area contributed by atoms with E-state index in [-0.39, 0.29) is 5.56 Å². The molecule has 0 spiro atoms. The second-order valence-corrected chi connectivity index (χ2v) is 4.74. The van der Waals surface area contributed by atoms with Crippen LogP contribution >= 0.6 is 0 Å². The summed E-state index contributed by atoms with van der Waals surface area (Å²) in [4.78, 5) is 16.0. The maximum Gasteiger partial charge on any atom is 0.272 e. The van der Waals surface area contributed by atoms with Gasteiger partial charge in [-0.1, -0.05) is 13.8 Å². The first-order valence-electron chi connectivity index (χ1n) is 5.80. The van der Waals surface area contributed by atoms with Crippen LogP contribution in [0.15, 0.2) is 29.2 Å². The fourth-order valence-electron chi connectivity index (χ4n) is 1.80. The van der Waals surface area contributed by atoms with Crippen LogP contribution in [-0.4, -0.2) is 14.8 Å². The van der Waals surface area contributed by atoms with E-state index in [1.807, 2.05) is 19.1 Å². The quantitative estimate of drug-likeness (QED) is 0.879. The van der Waals surface area contributed by atoms with Gasteiger partial charge in [0.05, 0.1) is 0 Å². The second kappa shape index (κ2) is 4.57. The molecule has 0 saturated heterocycles. The average Bonchev–Trinajstić information content (AvgIpc) is 2.58. The molecule has 0 amide bonds. The summed E-state index contributed by atoms with van der Waals surface area (Å²) in [5.74, 6) is 1.16. The standard InChI is InChI=1S/C13H17N3O/c1-9(2)6-11-8-13(17)16(15-11)12-7-10(3)4-5-14-12/h4-5,7-9,15H,6H2,1-3H3. The molecule has 0 aliphatic heterocycles. The summed E-state index contributed by atoms with van der Waals surface area (Å²) in [7, 11) is 0. The molecule has 0 unspecified atom stereocenters. The van der Waals surface area contributed by atoms with Gasteiger partial charge in [-0.15, -0.1) is 0 Å². The zero-order valence-corrected chi connectivity index (χ0v) is 10.4. The van der Waals surface area contributed by atoms with Crippen LogP contribution in [-0.2, 0) is 6.42 Å². The first-order chi connectivity index (χ1) is 8.06. The number of aromatic amines is 1. The normalized spacial score (nSPS) is 11.1. The Morgan fingerprint density at radius 3 is 2.82 bits per heavy atom. The molecule has 0 aliphatic carbocycles. The van der Waals surface area contributed by atoms with Crippen LogP contribution in [0.1, 0.15) is 25.1 Å². The molecule has 0 aliphatic rings. The second-order valence-electron chi connectivity index (χ2n) is 4.74. The van der Waals surface area contributed by atoms with Gasteiger partial charge in [0.15, 0.2) is 5.82 Å². The van der Waals surface area contributed by atoms with Crippen molar-refractivity contribution in [1.29, 1.82) is 0 Å². The van der Waals surface area contributed by atoms with Crippen molar-refractivity contribution in [1.82, 2.24) is 14.8 Å². The zero-order chi connectivity index (χ0) is 12.4. The molecule has 0 aromatic carbocycles. The summed E-state index contributed by atoms with van der Waals surface area (Å²) in [5.41, 5.74) is 1.98. The average molecular weight is 231 g/mol. The lowest BCUT2D eigenvalue weighted by molar-refractivity contribution is 0.626. The van der Waals surface area contributed by atoms with Gasteiger partial charge in [0.2, 0.25) is 0 Å². The Morgan fingerprint density at radius 2 is 2.18 bits per heavy atom. The summed E-state index contributed by atoms with van der Waals surface area (Å²) >= 11 is 0. The topological polar surface area (TPSA) is 50.7 Å². The third-order valence-corrected chi connectivity index (χ3v) is 2.53. The largest absolute Gasteiger partial charge is 0.294 e. The number of aromatic nitrogens is 3. The Kier molecular flexibility index (Phi) is 3.13. The molecule has 4 nitrogen and oxygen atoms in total. The molecule has 4 heteroatoms. The minimum atomic E-state index is -0.0567. The summed E-state index contributed by atoms with van der Waals surface area (Å²) in [6.07, 6.45) is 2.58. The molecule has 0 radical (unpaired) electrons. The highest BCUT2D eigenvalue weighted by Crippen LogP contribution is 2.06. The van der Waals surface area contributed by atoms with Crippen molar-refractivity contribution in [3.05, 3.63) is 46.0 Å². The fourth-order valence-corrected chi connectivity index (χ4v) is 1.80. The monoisotopic (exact) mass is 231 g/mol. The first kappa shape index (κ1) is 11.6. The summed E-state index contributed by atoms with van der Waals surface area (Å²) in [6.45, 7) is 6.23. The third kappa shape index (κ3) is 2.64. The van der Waals surface area contributed by atoms with E-state index >= 15 is 0 Å². The summed E-state index contributed by atoms with van der Waals surface area (Å²) in [5, 5.41) is 3.10. The van der Waals surface area contributed by atoms with Crippen molar-refractivity contribution in [2.45, 2.75) is 27.2 Å². The Morgan fingerprint density at radius 1 is 1.41 bits per heavy atom. The van der Waals surface area contributed by atoms with E-state index in [9.17, 15) is 4.79 Å². The third-order valence-electron chi connectivity index (χ3n) is 2.53. The number of aryl methyl sites for hydroxylation is 1. The van der Waals surface area contributed by atoms with Crippen LogP contribution < -0.4 is 5.56 Å². The molecule has 2 aromatic heterocycles. The fraction of sp³-hybridized carbons (Fsp3) is 0.385. The maximum atomic E-state index is 11.8. The molecular weight excluding hydrogens is 214 g/mol. The molecule has 2 heterocycles. The van der Waals surface area contributed by atoms with Crippen LogP contribution in [0.5, 0.6) is 0 Å². The molecule has 0 saturated carbocycles. The molecule has 0 bridgehead atoms. The van der Waals surface area contributed by atoms with Crippen molar-refractivity contribution in [3.8, 4) is 5.82 Å². The van der Waals surface area contributed by atoms with Crippen LogP contribution in [0.3, 0.4) is 0 Å². The van der Waals surface area contributed by atoms with E-state index in [0.29, 0.717) is 11.7 Å². The number of rotatable bonds is 3. The van der Waals surface area contributed by atoms with Crippen molar-refractivity contribution in [3.63, 3.8) is 0 Å². The van der Waals surface area contributed by atoms with E-state index in [0.717, 1.165) is 17.7 Å². The SMILES string of the molecule is Cc1ccnc(-n2[nH]c(CC(C)C)cc2=O)c1. The van der Waals surface area contributed by atoms with Gasteiger partial charge in [-0.05, 0) is 37.0 Å². The molecule has 0 atom stereocenters. The molecular formula is C13H17N3O. The predicted molar refractivity (Wildman–Crippen MR) is 67.5 cm³/mol. The van der Waals surface area contributed by atoms with Crippen molar-refractivity contribution >= 4 is 0 Å². The van der Waals surface area contributed by atoms with E-state index < -0.39 is 0 Å². The number of hydrogen-bond acceptors (Lipinski definition) is 2. The van der Waals surface area contributed by atoms with E-state index in [2.05, 4.69) is 23.9 Å². The van der Waals surface area contributed by atoms with Crippen molar-refractivity contribution in [2.24, 2.45) is 5.92 Å².